The molecule has 0 aliphatic carbocycles. The first kappa shape index (κ1) is 15.6. The Bertz CT molecular complexity index is 612. The van der Waals surface area contributed by atoms with Crippen LogP contribution in [0.5, 0.6) is 0 Å². The van der Waals surface area contributed by atoms with Gasteiger partial charge in [0.25, 0.3) is 0 Å². The van der Waals surface area contributed by atoms with E-state index < -0.39 is 21.7 Å². The lowest BCUT2D eigenvalue weighted by atomic mass is 10.2. The number of nitrogens with one attached hydrogen (secondary N) is 1. The van der Waals surface area contributed by atoms with Crippen LogP contribution in [0.4, 0.5) is 5.69 Å². The molecule has 0 radical (unpaired) electrons. The van der Waals surface area contributed by atoms with Crippen molar-refractivity contribution in [1.82, 2.24) is 0 Å². The van der Waals surface area contributed by atoms with Crippen molar-refractivity contribution in [2.45, 2.75) is 6.42 Å². The van der Waals surface area contributed by atoms with Crippen molar-refractivity contribution in [2.75, 3.05) is 17.3 Å². The Morgan fingerprint density at radius 2 is 2.00 bits per heavy atom. The van der Waals surface area contributed by atoms with Crippen LogP contribution >= 0.6 is 15.9 Å². The summed E-state index contributed by atoms with van der Waals surface area (Å²) >= 11 is 3.17. The monoisotopic (exact) mass is 349 g/mol. The van der Waals surface area contributed by atoms with Gasteiger partial charge in [0.05, 0.1) is 17.0 Å². The topological polar surface area (TPSA) is 101 Å². The number of hydrogen-bond donors (Lipinski definition) is 2. The largest absolute Gasteiger partial charge is 0.478 e. The molecule has 2 N–H and O–H groups in total. The van der Waals surface area contributed by atoms with Crippen LogP contribution in [0, 0.1) is 0 Å². The van der Waals surface area contributed by atoms with E-state index in [0.29, 0.717) is 4.47 Å². The fourth-order valence-corrected chi connectivity index (χ4v) is 2.21. The number of carboxylic acids is 1. The molecule has 104 valence electrons. The van der Waals surface area contributed by atoms with Gasteiger partial charge in [0.2, 0.25) is 5.91 Å². The van der Waals surface area contributed by atoms with E-state index >= 15 is 0 Å². The Hall–Kier alpha value is -1.41. The summed E-state index contributed by atoms with van der Waals surface area (Å²) in [5.41, 5.74) is 0.0660. The molecule has 0 bridgehead atoms. The minimum atomic E-state index is -3.23. The lowest BCUT2D eigenvalue weighted by molar-refractivity contribution is -0.115. The van der Waals surface area contributed by atoms with Gasteiger partial charge in [-0.05, 0) is 18.2 Å². The van der Waals surface area contributed by atoms with E-state index in [1.807, 2.05) is 0 Å². The van der Waals surface area contributed by atoms with Crippen molar-refractivity contribution in [3.05, 3.63) is 28.2 Å². The highest BCUT2D eigenvalue weighted by atomic mass is 79.9. The first-order valence-electron chi connectivity index (χ1n) is 5.19. The second kappa shape index (κ2) is 6.16. The van der Waals surface area contributed by atoms with E-state index in [9.17, 15) is 18.0 Å². The zero-order valence-electron chi connectivity index (χ0n) is 10.0. The number of anilines is 1. The highest BCUT2D eigenvalue weighted by molar-refractivity contribution is 9.10. The highest BCUT2D eigenvalue weighted by Gasteiger charge is 2.14. The van der Waals surface area contributed by atoms with Crippen LogP contribution in [0.1, 0.15) is 16.8 Å². The summed E-state index contributed by atoms with van der Waals surface area (Å²) in [6.07, 6.45) is 0.812. The Morgan fingerprint density at radius 1 is 1.37 bits per heavy atom. The van der Waals surface area contributed by atoms with Crippen molar-refractivity contribution in [3.63, 3.8) is 0 Å². The molecular weight excluding hydrogens is 338 g/mol. The molecule has 0 saturated heterocycles. The predicted molar refractivity (Wildman–Crippen MR) is 74.1 cm³/mol. The highest BCUT2D eigenvalue weighted by Crippen LogP contribution is 2.21. The number of carboxylic acid groups (broad SMARTS) is 1. The Balaban J connectivity index is 2.84. The third kappa shape index (κ3) is 5.39. The molecule has 0 saturated carbocycles. The Labute approximate surface area is 118 Å². The van der Waals surface area contributed by atoms with E-state index in [1.165, 1.54) is 18.2 Å². The molecule has 0 aromatic heterocycles. The van der Waals surface area contributed by atoms with Gasteiger partial charge in [-0.3, -0.25) is 4.79 Å². The van der Waals surface area contributed by atoms with Crippen LogP contribution in [0.25, 0.3) is 0 Å². The number of aromatic carboxylic acids is 1. The fraction of sp³-hybridized carbons (Fsp3) is 0.273. The van der Waals surface area contributed by atoms with Crippen LogP contribution in [-0.2, 0) is 14.6 Å². The lowest BCUT2D eigenvalue weighted by Gasteiger charge is -2.08. The SMILES string of the molecule is CS(=O)(=O)CCC(=O)Nc1cc(Br)ccc1C(=O)O. The van der Waals surface area contributed by atoms with Crippen molar-refractivity contribution in [2.24, 2.45) is 0 Å². The van der Waals surface area contributed by atoms with Gasteiger partial charge < -0.3 is 10.4 Å². The molecule has 1 aromatic carbocycles. The quantitative estimate of drug-likeness (QED) is 0.839. The van der Waals surface area contributed by atoms with E-state index in [4.69, 9.17) is 5.11 Å². The number of benzene rings is 1. The average Bonchev–Trinajstić information content (AvgIpc) is 2.25. The van der Waals surface area contributed by atoms with E-state index in [2.05, 4.69) is 21.2 Å². The molecule has 0 aliphatic heterocycles. The Kier molecular flexibility index (Phi) is 5.07. The number of sulfone groups is 1. The summed E-state index contributed by atoms with van der Waals surface area (Å²) in [5, 5.41) is 11.4. The summed E-state index contributed by atoms with van der Waals surface area (Å²) in [6, 6.07) is 4.33. The molecule has 0 unspecified atom stereocenters. The minimum absolute atomic E-state index is 0.0593. The first-order valence-corrected chi connectivity index (χ1v) is 8.05. The van der Waals surface area contributed by atoms with Crippen LogP contribution in [-0.4, -0.2) is 37.4 Å². The number of hydrogen-bond acceptors (Lipinski definition) is 4. The second-order valence-electron chi connectivity index (χ2n) is 3.92. The molecule has 1 aromatic rings. The molecule has 19 heavy (non-hydrogen) atoms. The third-order valence-corrected chi connectivity index (χ3v) is 3.62. The zero-order valence-corrected chi connectivity index (χ0v) is 12.4. The van der Waals surface area contributed by atoms with Crippen LogP contribution in [0.15, 0.2) is 22.7 Å². The zero-order chi connectivity index (χ0) is 14.6. The van der Waals surface area contributed by atoms with Gasteiger partial charge in [-0.15, -0.1) is 0 Å². The summed E-state index contributed by atoms with van der Waals surface area (Å²) < 4.78 is 22.5. The van der Waals surface area contributed by atoms with E-state index in [-0.39, 0.29) is 23.4 Å². The molecular formula is C11H12BrNO5S. The maximum absolute atomic E-state index is 11.6. The van der Waals surface area contributed by atoms with Crippen LogP contribution in [0.2, 0.25) is 0 Å². The van der Waals surface area contributed by atoms with Gasteiger partial charge in [0, 0.05) is 17.1 Å². The molecule has 1 amide bonds. The van der Waals surface area contributed by atoms with Gasteiger partial charge >= 0.3 is 5.97 Å². The van der Waals surface area contributed by atoms with Gasteiger partial charge in [0.1, 0.15) is 9.84 Å². The summed E-state index contributed by atoms with van der Waals surface area (Å²) in [7, 11) is -3.23. The van der Waals surface area contributed by atoms with Gasteiger partial charge in [0.15, 0.2) is 0 Å². The maximum Gasteiger partial charge on any atom is 0.337 e. The van der Waals surface area contributed by atoms with Crippen molar-refractivity contribution >= 4 is 43.3 Å². The van der Waals surface area contributed by atoms with Crippen molar-refractivity contribution in [3.8, 4) is 0 Å². The minimum Gasteiger partial charge on any atom is -0.478 e. The molecule has 0 spiro atoms. The van der Waals surface area contributed by atoms with Gasteiger partial charge in [-0.25, -0.2) is 13.2 Å². The lowest BCUT2D eigenvalue weighted by Crippen LogP contribution is -2.18. The molecule has 0 atom stereocenters. The Morgan fingerprint density at radius 3 is 2.53 bits per heavy atom. The number of amides is 1. The fourth-order valence-electron chi connectivity index (χ4n) is 1.30. The predicted octanol–water partition coefficient (Wildman–Crippen LogP) is 1.52. The molecule has 0 fully saturated rings. The van der Waals surface area contributed by atoms with Crippen molar-refractivity contribution in [1.29, 1.82) is 0 Å². The smallest absolute Gasteiger partial charge is 0.337 e. The second-order valence-corrected chi connectivity index (χ2v) is 7.10. The molecule has 1 rings (SSSR count). The summed E-state index contributed by atoms with van der Waals surface area (Å²) in [4.78, 5) is 22.5. The maximum atomic E-state index is 11.6. The summed E-state index contributed by atoms with van der Waals surface area (Å²) in [5.74, 6) is -2.01. The number of rotatable bonds is 5. The van der Waals surface area contributed by atoms with E-state index in [0.717, 1.165) is 6.26 Å². The van der Waals surface area contributed by atoms with Gasteiger partial charge in [-0.2, -0.15) is 0 Å². The summed E-state index contributed by atoms with van der Waals surface area (Å²) in [6.45, 7) is 0. The van der Waals surface area contributed by atoms with E-state index in [1.54, 1.807) is 0 Å². The van der Waals surface area contributed by atoms with Crippen molar-refractivity contribution < 1.29 is 23.1 Å². The molecule has 6 nitrogen and oxygen atoms in total. The van der Waals surface area contributed by atoms with Crippen LogP contribution < -0.4 is 5.32 Å². The molecule has 8 heteroatoms. The molecule has 0 heterocycles. The first-order chi connectivity index (χ1) is 8.69. The average molecular weight is 350 g/mol. The number of halogens is 1. The third-order valence-electron chi connectivity index (χ3n) is 2.19. The number of carbonyl (C=O) groups excluding carboxylic acids is 1. The van der Waals surface area contributed by atoms with Gasteiger partial charge in [-0.1, -0.05) is 15.9 Å². The number of carbonyl (C=O) groups is 2. The normalized spacial score (nSPS) is 11.1. The molecule has 0 aliphatic rings. The standard InChI is InChI=1S/C11H12BrNO5S/c1-19(17,18)5-4-10(14)13-9-6-7(12)2-3-8(9)11(15)16/h2-3,6H,4-5H2,1H3,(H,13,14)(H,15,16). The van der Waals surface area contributed by atoms with Crippen LogP contribution in [0.3, 0.4) is 0 Å².